The van der Waals surface area contributed by atoms with Gasteiger partial charge in [0.2, 0.25) is 17.8 Å². The Kier molecular flexibility index (Phi) is 6.23. The summed E-state index contributed by atoms with van der Waals surface area (Å²) < 4.78 is 0. The number of amides is 3. The van der Waals surface area contributed by atoms with Gasteiger partial charge in [0.05, 0.1) is 23.0 Å². The molecule has 3 aromatic rings. The Morgan fingerprint density at radius 2 is 1.84 bits per heavy atom. The van der Waals surface area contributed by atoms with Gasteiger partial charge >= 0.3 is 0 Å². The van der Waals surface area contributed by atoms with Gasteiger partial charge in [-0.2, -0.15) is 0 Å². The Bertz CT molecular complexity index is 1450. The minimum Gasteiger partial charge on any atom is -0.348 e. The number of hydrogen-bond acceptors (Lipinski definition) is 6. The third-order valence-corrected chi connectivity index (χ3v) is 7.75. The zero-order valence-electron chi connectivity index (χ0n) is 21.0. The molecule has 1 aromatic heterocycles. The van der Waals surface area contributed by atoms with Crippen molar-refractivity contribution in [2.24, 2.45) is 0 Å². The maximum absolute atomic E-state index is 13.3. The lowest BCUT2D eigenvalue weighted by Crippen LogP contribution is -2.56. The smallest absolute Gasteiger partial charge is 0.254 e. The summed E-state index contributed by atoms with van der Waals surface area (Å²) >= 11 is 6.44. The van der Waals surface area contributed by atoms with E-state index in [1.54, 1.807) is 22.8 Å². The summed E-state index contributed by atoms with van der Waals surface area (Å²) in [5.41, 5.74) is 5.09. The molecule has 0 saturated carbocycles. The van der Waals surface area contributed by atoms with Gasteiger partial charge in [0.15, 0.2) is 0 Å². The average molecular weight is 531 g/mol. The molecule has 1 N–H and O–H groups in total. The van der Waals surface area contributed by atoms with Crippen LogP contribution in [0.4, 0.5) is 5.95 Å². The fraction of sp³-hybridized carbons (Fsp3) is 0.321. The number of benzene rings is 2. The molecule has 0 bridgehead atoms. The highest BCUT2D eigenvalue weighted by Gasteiger charge is 2.32. The Hall–Kier alpha value is -3.98. The lowest BCUT2D eigenvalue weighted by atomic mass is 10.00. The van der Waals surface area contributed by atoms with Crippen molar-refractivity contribution < 1.29 is 14.4 Å². The van der Waals surface area contributed by atoms with Gasteiger partial charge < -0.3 is 20.0 Å². The number of carbonyl (C=O) groups is 3. The first kappa shape index (κ1) is 24.4. The largest absolute Gasteiger partial charge is 0.348 e. The average Bonchev–Trinajstić information content (AvgIpc) is 3.20. The molecule has 3 aliphatic rings. The van der Waals surface area contributed by atoms with Crippen molar-refractivity contribution in [2.45, 2.75) is 32.5 Å². The van der Waals surface area contributed by atoms with Gasteiger partial charge in [-0.05, 0) is 29.2 Å². The number of likely N-dealkylation sites (tertiary alicyclic amines) is 1. The maximum atomic E-state index is 13.3. The van der Waals surface area contributed by atoms with Crippen LogP contribution in [0, 0.1) is 0 Å². The number of halogens is 1. The molecule has 194 valence electrons. The predicted octanol–water partition coefficient (Wildman–Crippen LogP) is 2.98. The van der Waals surface area contributed by atoms with E-state index in [1.807, 2.05) is 29.2 Å². The molecule has 1 saturated heterocycles. The molecule has 2 aromatic carbocycles. The monoisotopic (exact) mass is 530 g/mol. The number of fused-ring (bicyclic) bond motifs is 2. The molecular weight excluding hydrogens is 504 g/mol. The Balaban J connectivity index is 1.14. The summed E-state index contributed by atoms with van der Waals surface area (Å²) in [7, 11) is 0. The molecule has 3 aliphatic heterocycles. The Morgan fingerprint density at radius 3 is 2.63 bits per heavy atom. The second-order valence-corrected chi connectivity index (χ2v) is 10.4. The zero-order chi connectivity index (χ0) is 26.4. The van der Waals surface area contributed by atoms with Gasteiger partial charge in [0.25, 0.3) is 5.91 Å². The molecule has 10 heteroatoms. The van der Waals surface area contributed by atoms with Crippen molar-refractivity contribution in [3.05, 3.63) is 75.9 Å². The van der Waals surface area contributed by atoms with E-state index in [9.17, 15) is 14.4 Å². The van der Waals surface area contributed by atoms with Crippen LogP contribution in [0.2, 0.25) is 5.02 Å². The zero-order valence-corrected chi connectivity index (χ0v) is 21.7. The summed E-state index contributed by atoms with van der Waals surface area (Å²) in [5, 5.41) is 3.61. The predicted molar refractivity (Wildman–Crippen MR) is 142 cm³/mol. The van der Waals surface area contributed by atoms with Gasteiger partial charge in [-0.1, -0.05) is 48.0 Å². The van der Waals surface area contributed by atoms with E-state index in [2.05, 4.69) is 27.4 Å². The molecule has 1 fully saturated rings. The van der Waals surface area contributed by atoms with E-state index in [-0.39, 0.29) is 30.3 Å². The lowest BCUT2D eigenvalue weighted by molar-refractivity contribution is -0.133. The second-order valence-electron chi connectivity index (χ2n) is 10.0. The van der Waals surface area contributed by atoms with Crippen molar-refractivity contribution in [3.63, 3.8) is 0 Å². The van der Waals surface area contributed by atoms with E-state index >= 15 is 0 Å². The van der Waals surface area contributed by atoms with Crippen LogP contribution in [-0.4, -0.2) is 74.6 Å². The molecule has 0 radical (unpaired) electrons. The van der Waals surface area contributed by atoms with Crippen molar-refractivity contribution in [3.8, 4) is 11.3 Å². The molecule has 38 heavy (non-hydrogen) atoms. The highest BCUT2D eigenvalue weighted by Crippen LogP contribution is 2.32. The molecule has 6 rings (SSSR count). The molecular formula is C28H27ClN6O3. The van der Waals surface area contributed by atoms with E-state index < -0.39 is 0 Å². The normalized spacial score (nSPS) is 16.7. The minimum absolute atomic E-state index is 0.0422. The van der Waals surface area contributed by atoms with Crippen molar-refractivity contribution in [2.75, 3.05) is 31.5 Å². The third-order valence-electron chi connectivity index (χ3n) is 7.48. The SMILES string of the molecule is CC(=O)N1CC(Nc2ncc(Cl)c(-c3ccc4c(c3)C(=O)N(CC(=O)N3CCc5ccccc5C3)C4)n2)C1. The van der Waals surface area contributed by atoms with Crippen molar-refractivity contribution in [1.29, 1.82) is 0 Å². The van der Waals surface area contributed by atoms with Gasteiger partial charge in [0.1, 0.15) is 6.54 Å². The van der Waals surface area contributed by atoms with Crippen LogP contribution in [0.25, 0.3) is 11.3 Å². The number of carbonyl (C=O) groups excluding carboxylic acids is 3. The number of nitrogens with one attached hydrogen (secondary N) is 1. The molecule has 0 spiro atoms. The summed E-state index contributed by atoms with van der Waals surface area (Å²) in [4.78, 5) is 51.8. The second kappa shape index (κ2) is 9.72. The van der Waals surface area contributed by atoms with Gasteiger partial charge in [0, 0.05) is 50.8 Å². The molecule has 9 nitrogen and oxygen atoms in total. The van der Waals surface area contributed by atoms with Crippen LogP contribution >= 0.6 is 11.6 Å². The van der Waals surface area contributed by atoms with Crippen LogP contribution < -0.4 is 5.32 Å². The molecule has 4 heterocycles. The highest BCUT2D eigenvalue weighted by atomic mass is 35.5. The van der Waals surface area contributed by atoms with E-state index in [0.717, 1.165) is 17.5 Å². The molecule has 0 atom stereocenters. The van der Waals surface area contributed by atoms with Gasteiger partial charge in [-0.3, -0.25) is 14.4 Å². The Morgan fingerprint density at radius 1 is 1.05 bits per heavy atom. The van der Waals surface area contributed by atoms with Gasteiger partial charge in [-0.15, -0.1) is 0 Å². The third kappa shape index (κ3) is 4.58. The number of aromatic nitrogens is 2. The van der Waals surface area contributed by atoms with Crippen molar-refractivity contribution >= 4 is 35.3 Å². The quantitative estimate of drug-likeness (QED) is 0.544. The molecule has 3 amide bonds. The van der Waals surface area contributed by atoms with Crippen molar-refractivity contribution in [1.82, 2.24) is 24.7 Å². The Labute approximate surface area is 225 Å². The summed E-state index contributed by atoms with van der Waals surface area (Å²) in [5.74, 6) is 0.241. The summed E-state index contributed by atoms with van der Waals surface area (Å²) in [6, 6.07) is 13.8. The van der Waals surface area contributed by atoms with Crippen LogP contribution in [0.3, 0.4) is 0 Å². The maximum Gasteiger partial charge on any atom is 0.254 e. The topological polar surface area (TPSA) is 98.7 Å². The van der Waals surface area contributed by atoms with E-state index in [0.29, 0.717) is 60.5 Å². The first-order chi connectivity index (χ1) is 18.4. The highest BCUT2D eigenvalue weighted by molar-refractivity contribution is 6.33. The summed E-state index contributed by atoms with van der Waals surface area (Å²) in [6.07, 6.45) is 2.36. The summed E-state index contributed by atoms with van der Waals surface area (Å²) in [6.45, 7) is 4.42. The number of rotatable bonds is 5. The first-order valence-corrected chi connectivity index (χ1v) is 13.0. The lowest BCUT2D eigenvalue weighted by Gasteiger charge is -2.38. The van der Waals surface area contributed by atoms with Crippen LogP contribution in [0.15, 0.2) is 48.7 Å². The van der Waals surface area contributed by atoms with E-state index in [4.69, 9.17) is 11.6 Å². The van der Waals surface area contributed by atoms with Crippen LogP contribution in [0.1, 0.15) is 34.0 Å². The fourth-order valence-electron chi connectivity index (χ4n) is 5.26. The standard InChI is InChI=1S/C28H27ClN6O3/c1-17(36)34-14-22(15-34)31-28-30-11-24(29)26(32-28)19-6-7-21-13-35(27(38)23(21)10-19)16-25(37)33-9-8-18-4-2-3-5-20(18)12-33/h2-7,10-11,22H,8-9,12-16H2,1H3,(H,30,31,32). The fourth-order valence-corrected chi connectivity index (χ4v) is 5.46. The molecule has 0 unspecified atom stereocenters. The molecule has 0 aliphatic carbocycles. The number of hydrogen-bond donors (Lipinski definition) is 1. The van der Waals surface area contributed by atoms with E-state index in [1.165, 1.54) is 11.8 Å². The van der Waals surface area contributed by atoms with Crippen LogP contribution in [-0.2, 0) is 29.1 Å². The first-order valence-electron chi connectivity index (χ1n) is 12.7. The van der Waals surface area contributed by atoms with Crippen LogP contribution in [0.5, 0.6) is 0 Å². The number of anilines is 1. The van der Waals surface area contributed by atoms with Gasteiger partial charge in [-0.25, -0.2) is 9.97 Å². The minimum atomic E-state index is -0.171. The number of nitrogens with zero attached hydrogens (tertiary/aromatic N) is 5.